The first-order valence-electron chi connectivity index (χ1n) is 9.83. The van der Waals surface area contributed by atoms with Gasteiger partial charge in [-0.15, -0.1) is 0 Å². The van der Waals surface area contributed by atoms with E-state index in [1.165, 1.54) is 17.3 Å². The van der Waals surface area contributed by atoms with Crippen LogP contribution in [0.1, 0.15) is 25.8 Å². The predicted octanol–water partition coefficient (Wildman–Crippen LogP) is 3.29. The van der Waals surface area contributed by atoms with Gasteiger partial charge >= 0.3 is 0 Å². The number of fused-ring (bicyclic) bond motifs is 1. The van der Waals surface area contributed by atoms with Crippen LogP contribution in [0.3, 0.4) is 0 Å². The zero-order valence-corrected chi connectivity index (χ0v) is 17.6. The Morgan fingerprint density at radius 2 is 1.97 bits per heavy atom. The fourth-order valence-electron chi connectivity index (χ4n) is 3.02. The summed E-state index contributed by atoms with van der Waals surface area (Å²) >= 11 is 1.28. The molecular formula is C22H26N4O2S. The number of rotatable bonds is 9. The summed E-state index contributed by atoms with van der Waals surface area (Å²) in [6, 6.07) is 13.7. The van der Waals surface area contributed by atoms with Crippen LogP contribution in [-0.4, -0.2) is 32.7 Å². The van der Waals surface area contributed by atoms with Crippen LogP contribution < -0.4 is 10.9 Å². The Morgan fingerprint density at radius 1 is 1.17 bits per heavy atom. The Balaban J connectivity index is 1.60. The number of nitrogens with zero attached hydrogens (tertiary/aromatic N) is 3. The average molecular weight is 411 g/mol. The van der Waals surface area contributed by atoms with Crippen molar-refractivity contribution in [1.29, 1.82) is 0 Å². The zero-order valence-electron chi connectivity index (χ0n) is 16.8. The van der Waals surface area contributed by atoms with E-state index in [-0.39, 0.29) is 23.1 Å². The minimum absolute atomic E-state index is 0.0606. The van der Waals surface area contributed by atoms with E-state index in [1.54, 1.807) is 22.9 Å². The molecule has 0 radical (unpaired) electrons. The molecule has 0 aliphatic carbocycles. The number of thioether (sulfide) groups is 1. The molecule has 0 fully saturated rings. The number of hydrogen-bond donors (Lipinski definition) is 1. The standard InChI is InChI=1S/C22H26N4O2S/c1-16(2)14-26-21(28)18-11-7-13-24-20(18)25-22(26)29-15-19(27)23-12-6-10-17-8-4-3-5-9-17/h3-5,7-9,11,13,16H,6,10,12,14-15H2,1-2H3,(H,23,27). The summed E-state index contributed by atoms with van der Waals surface area (Å²) in [5.41, 5.74) is 1.58. The van der Waals surface area contributed by atoms with Gasteiger partial charge in [-0.2, -0.15) is 0 Å². The highest BCUT2D eigenvalue weighted by molar-refractivity contribution is 7.99. The van der Waals surface area contributed by atoms with Crippen molar-refractivity contribution >= 4 is 28.7 Å². The largest absolute Gasteiger partial charge is 0.355 e. The molecule has 3 rings (SSSR count). The maximum atomic E-state index is 12.8. The molecule has 152 valence electrons. The van der Waals surface area contributed by atoms with Crippen LogP contribution >= 0.6 is 11.8 Å². The lowest BCUT2D eigenvalue weighted by Crippen LogP contribution is -2.28. The Labute approximate surface area is 174 Å². The first kappa shape index (κ1) is 21.0. The quantitative estimate of drug-likeness (QED) is 0.333. The summed E-state index contributed by atoms with van der Waals surface area (Å²) in [5.74, 6) is 0.443. The van der Waals surface area contributed by atoms with E-state index in [4.69, 9.17) is 0 Å². The lowest BCUT2D eigenvalue weighted by Gasteiger charge is -2.14. The van der Waals surface area contributed by atoms with Gasteiger partial charge in [-0.05, 0) is 36.5 Å². The summed E-state index contributed by atoms with van der Waals surface area (Å²) in [7, 11) is 0. The molecule has 2 aromatic heterocycles. The van der Waals surface area contributed by atoms with E-state index >= 15 is 0 Å². The van der Waals surface area contributed by atoms with Crippen LogP contribution in [0, 0.1) is 5.92 Å². The van der Waals surface area contributed by atoms with Gasteiger partial charge in [0.2, 0.25) is 5.91 Å². The second kappa shape index (κ2) is 10.2. The van der Waals surface area contributed by atoms with Gasteiger partial charge in [0.25, 0.3) is 5.56 Å². The summed E-state index contributed by atoms with van der Waals surface area (Å²) in [5, 5.41) is 3.98. The number of aryl methyl sites for hydroxylation is 1. The Morgan fingerprint density at radius 3 is 2.72 bits per heavy atom. The van der Waals surface area contributed by atoms with Crippen LogP contribution in [0.5, 0.6) is 0 Å². The van der Waals surface area contributed by atoms with Crippen LogP contribution in [0.25, 0.3) is 11.0 Å². The monoisotopic (exact) mass is 410 g/mol. The number of carbonyl (C=O) groups is 1. The molecule has 0 aliphatic rings. The first-order valence-corrected chi connectivity index (χ1v) is 10.8. The predicted molar refractivity (Wildman–Crippen MR) is 117 cm³/mol. The van der Waals surface area contributed by atoms with Gasteiger partial charge in [-0.25, -0.2) is 9.97 Å². The first-order chi connectivity index (χ1) is 14.0. The molecule has 1 aromatic carbocycles. The van der Waals surface area contributed by atoms with Gasteiger partial charge in [0.1, 0.15) is 0 Å². The summed E-state index contributed by atoms with van der Waals surface area (Å²) in [6.45, 7) is 5.28. The minimum Gasteiger partial charge on any atom is -0.355 e. The molecule has 0 aliphatic heterocycles. The molecule has 3 aromatic rings. The Bertz CT molecular complexity index is 1020. The SMILES string of the molecule is CC(C)Cn1c(SCC(=O)NCCCc2ccccc2)nc2ncccc2c1=O. The van der Waals surface area contributed by atoms with Crippen molar-refractivity contribution in [2.45, 2.75) is 38.4 Å². The van der Waals surface area contributed by atoms with Crippen LogP contribution in [-0.2, 0) is 17.8 Å². The van der Waals surface area contributed by atoms with Crippen molar-refractivity contribution in [2.24, 2.45) is 5.92 Å². The number of amides is 1. The number of aromatic nitrogens is 3. The van der Waals surface area contributed by atoms with Crippen molar-refractivity contribution in [3.63, 3.8) is 0 Å². The van der Waals surface area contributed by atoms with Crippen molar-refractivity contribution in [2.75, 3.05) is 12.3 Å². The fraction of sp³-hybridized carbons (Fsp3) is 0.364. The second-order valence-electron chi connectivity index (χ2n) is 7.31. The van der Waals surface area contributed by atoms with Crippen molar-refractivity contribution < 1.29 is 4.79 Å². The molecule has 0 unspecified atom stereocenters. The van der Waals surface area contributed by atoms with Crippen molar-refractivity contribution in [1.82, 2.24) is 19.9 Å². The average Bonchev–Trinajstić information content (AvgIpc) is 2.72. The van der Waals surface area contributed by atoms with Gasteiger partial charge < -0.3 is 5.32 Å². The molecule has 0 saturated heterocycles. The maximum absolute atomic E-state index is 12.8. The topological polar surface area (TPSA) is 76.9 Å². The number of hydrogen-bond acceptors (Lipinski definition) is 5. The third-order valence-electron chi connectivity index (χ3n) is 4.38. The third kappa shape index (κ3) is 5.90. The molecule has 2 heterocycles. The molecule has 6 nitrogen and oxygen atoms in total. The van der Waals surface area contributed by atoms with Crippen molar-refractivity contribution in [3.05, 3.63) is 64.6 Å². The summed E-state index contributed by atoms with van der Waals surface area (Å²) in [4.78, 5) is 33.8. The molecule has 29 heavy (non-hydrogen) atoms. The van der Waals surface area contributed by atoms with Gasteiger partial charge in [0.05, 0.1) is 11.1 Å². The number of pyridine rings is 1. The molecule has 0 spiro atoms. The van der Waals surface area contributed by atoms with Gasteiger partial charge in [-0.1, -0.05) is 55.9 Å². The summed E-state index contributed by atoms with van der Waals surface area (Å²) < 4.78 is 1.65. The molecule has 0 atom stereocenters. The fourth-order valence-corrected chi connectivity index (χ4v) is 3.85. The lowest BCUT2D eigenvalue weighted by atomic mass is 10.1. The Hall–Kier alpha value is -2.67. The van der Waals surface area contributed by atoms with Crippen LogP contribution in [0.15, 0.2) is 58.6 Å². The molecule has 1 N–H and O–H groups in total. The van der Waals surface area contributed by atoms with Crippen LogP contribution in [0.2, 0.25) is 0 Å². The number of carbonyl (C=O) groups excluding carboxylic acids is 1. The smallest absolute Gasteiger partial charge is 0.263 e. The highest BCUT2D eigenvalue weighted by atomic mass is 32.2. The normalized spacial score (nSPS) is 11.1. The van der Waals surface area contributed by atoms with Gasteiger partial charge in [-0.3, -0.25) is 14.2 Å². The third-order valence-corrected chi connectivity index (χ3v) is 5.36. The highest BCUT2D eigenvalue weighted by Crippen LogP contribution is 2.17. The Kier molecular flexibility index (Phi) is 7.41. The van der Waals surface area contributed by atoms with Gasteiger partial charge in [0.15, 0.2) is 10.8 Å². The molecule has 0 saturated carbocycles. The van der Waals surface area contributed by atoms with E-state index in [0.717, 1.165) is 12.8 Å². The van der Waals surface area contributed by atoms with E-state index in [2.05, 4.69) is 27.4 Å². The molecular weight excluding hydrogens is 384 g/mol. The van der Waals surface area contributed by atoms with Crippen molar-refractivity contribution in [3.8, 4) is 0 Å². The minimum atomic E-state index is -0.109. The second-order valence-corrected chi connectivity index (χ2v) is 8.25. The lowest BCUT2D eigenvalue weighted by molar-refractivity contribution is -0.118. The summed E-state index contributed by atoms with van der Waals surface area (Å²) in [6.07, 6.45) is 3.44. The van der Waals surface area contributed by atoms with E-state index in [0.29, 0.717) is 29.3 Å². The van der Waals surface area contributed by atoms with E-state index in [1.807, 2.05) is 32.0 Å². The number of nitrogens with one attached hydrogen (secondary N) is 1. The van der Waals surface area contributed by atoms with Crippen LogP contribution in [0.4, 0.5) is 0 Å². The maximum Gasteiger partial charge on any atom is 0.263 e. The highest BCUT2D eigenvalue weighted by Gasteiger charge is 2.14. The molecule has 7 heteroatoms. The molecule has 0 bridgehead atoms. The van der Waals surface area contributed by atoms with E-state index in [9.17, 15) is 9.59 Å². The van der Waals surface area contributed by atoms with Gasteiger partial charge in [0, 0.05) is 19.3 Å². The number of benzene rings is 1. The van der Waals surface area contributed by atoms with E-state index < -0.39 is 0 Å². The zero-order chi connectivity index (χ0) is 20.6. The molecule has 1 amide bonds.